The minimum Gasteiger partial charge on any atom is -0.338 e. The number of likely N-dealkylation sites (tertiary alicyclic amines) is 2. The highest BCUT2D eigenvalue weighted by Gasteiger charge is 2.57. The molecule has 0 bridgehead atoms. The smallest absolute Gasteiger partial charge is 0.231 e. The normalized spacial score (nSPS) is 27.4. The summed E-state index contributed by atoms with van der Waals surface area (Å²) in [6.07, 6.45) is 6.41. The molecule has 5 nitrogen and oxygen atoms in total. The van der Waals surface area contributed by atoms with Crippen molar-refractivity contribution in [2.75, 3.05) is 26.2 Å². The van der Waals surface area contributed by atoms with Crippen LogP contribution in [0.15, 0.2) is 35.8 Å². The topological polar surface area (TPSA) is 49.3 Å². The van der Waals surface area contributed by atoms with Crippen molar-refractivity contribution in [2.24, 2.45) is 5.41 Å². The van der Waals surface area contributed by atoms with Gasteiger partial charge in [-0.15, -0.1) is 29.3 Å². The minimum absolute atomic E-state index is 0.180. The Balaban J connectivity index is 1.62. The summed E-state index contributed by atoms with van der Waals surface area (Å²) < 4.78 is 0. The Morgan fingerprint density at radius 1 is 1.33 bits per heavy atom. The van der Waals surface area contributed by atoms with E-state index in [4.69, 9.17) is 0 Å². The molecule has 2 aliphatic heterocycles. The third-order valence-corrected chi connectivity index (χ3v) is 6.75. The van der Waals surface area contributed by atoms with Gasteiger partial charge in [-0.25, -0.2) is 9.97 Å². The number of nitrogens with zero attached hydrogens (tertiary/aromatic N) is 4. The van der Waals surface area contributed by atoms with Gasteiger partial charge in [0.1, 0.15) is 5.01 Å². The van der Waals surface area contributed by atoms with Gasteiger partial charge in [0, 0.05) is 55.3 Å². The predicted molar refractivity (Wildman–Crippen MR) is 96.1 cm³/mol. The highest BCUT2D eigenvalue weighted by atomic mass is 32.1. The molecule has 2 atom stereocenters. The quantitative estimate of drug-likeness (QED) is 0.769. The Hall–Kier alpha value is -1.57. The first-order chi connectivity index (χ1) is 11.7. The molecule has 2 aromatic heterocycles. The van der Waals surface area contributed by atoms with Crippen molar-refractivity contribution in [2.45, 2.75) is 18.9 Å². The Labute approximate surface area is 149 Å². The van der Waals surface area contributed by atoms with Gasteiger partial charge in [0.2, 0.25) is 5.91 Å². The fourth-order valence-electron chi connectivity index (χ4n) is 4.03. The van der Waals surface area contributed by atoms with E-state index >= 15 is 0 Å². The second-order valence-electron chi connectivity index (χ2n) is 6.46. The predicted octanol–water partition coefficient (Wildman–Crippen LogP) is 2.60. The fraction of sp³-hybridized carbons (Fsp3) is 0.471. The monoisotopic (exact) mass is 360 g/mol. The van der Waals surface area contributed by atoms with E-state index in [1.807, 2.05) is 34.1 Å². The molecule has 2 aromatic rings. The third kappa shape index (κ3) is 2.60. The van der Waals surface area contributed by atoms with Crippen LogP contribution >= 0.6 is 22.7 Å². The molecule has 0 N–H and O–H groups in total. The molecule has 1 amide bonds. The van der Waals surface area contributed by atoms with Crippen molar-refractivity contribution < 1.29 is 4.79 Å². The van der Waals surface area contributed by atoms with Gasteiger partial charge in [0.05, 0.1) is 17.0 Å². The maximum atomic E-state index is 13.2. The summed E-state index contributed by atoms with van der Waals surface area (Å²) in [5, 5.41) is 6.21. The van der Waals surface area contributed by atoms with Crippen molar-refractivity contribution in [1.82, 2.24) is 19.8 Å². The zero-order chi connectivity index (χ0) is 16.6. The summed E-state index contributed by atoms with van der Waals surface area (Å²) in [5.41, 5.74) is -0.335. The molecule has 4 heterocycles. The van der Waals surface area contributed by atoms with Gasteiger partial charge in [-0.2, -0.15) is 0 Å². The summed E-state index contributed by atoms with van der Waals surface area (Å²) in [6.45, 7) is 7.73. The molecule has 7 heteroatoms. The SMILES string of the molecule is C=CCN1CC[C@]2(CN(Cc3nccs3)C[C@@H]2c2nccs2)C1=O. The van der Waals surface area contributed by atoms with Gasteiger partial charge >= 0.3 is 0 Å². The van der Waals surface area contributed by atoms with Crippen LogP contribution < -0.4 is 0 Å². The van der Waals surface area contributed by atoms with Gasteiger partial charge < -0.3 is 4.90 Å². The first-order valence-corrected chi connectivity index (χ1v) is 9.89. The second kappa shape index (κ2) is 6.38. The molecular weight excluding hydrogens is 340 g/mol. The van der Waals surface area contributed by atoms with Crippen molar-refractivity contribution in [3.05, 3.63) is 45.8 Å². The van der Waals surface area contributed by atoms with Gasteiger partial charge in [-0.1, -0.05) is 6.08 Å². The van der Waals surface area contributed by atoms with Crippen LogP contribution in [0.4, 0.5) is 0 Å². The van der Waals surface area contributed by atoms with E-state index in [2.05, 4.69) is 21.4 Å². The lowest BCUT2D eigenvalue weighted by molar-refractivity contribution is -0.135. The van der Waals surface area contributed by atoms with Crippen LogP contribution in [0.3, 0.4) is 0 Å². The summed E-state index contributed by atoms with van der Waals surface area (Å²) in [6, 6.07) is 0. The Morgan fingerprint density at radius 3 is 2.88 bits per heavy atom. The molecule has 0 radical (unpaired) electrons. The molecule has 1 spiro atoms. The van der Waals surface area contributed by atoms with E-state index in [9.17, 15) is 4.79 Å². The van der Waals surface area contributed by atoms with Crippen LogP contribution in [0.5, 0.6) is 0 Å². The number of amides is 1. The summed E-state index contributed by atoms with van der Waals surface area (Å²) in [5.74, 6) is 0.448. The first kappa shape index (κ1) is 15.9. The van der Waals surface area contributed by atoms with Gasteiger partial charge in [-0.3, -0.25) is 9.69 Å². The molecule has 0 saturated carbocycles. The van der Waals surface area contributed by atoms with Crippen LogP contribution in [0.2, 0.25) is 0 Å². The molecule has 2 aliphatic rings. The number of hydrogen-bond donors (Lipinski definition) is 0. The van der Waals surface area contributed by atoms with Crippen LogP contribution in [0.25, 0.3) is 0 Å². The number of carbonyl (C=O) groups excluding carboxylic acids is 1. The van der Waals surface area contributed by atoms with Gasteiger partial charge in [0.25, 0.3) is 0 Å². The third-order valence-electron chi connectivity index (χ3n) is 5.10. The highest BCUT2D eigenvalue weighted by molar-refractivity contribution is 7.09. The fourth-order valence-corrected chi connectivity index (χ4v) is 5.53. The molecule has 2 saturated heterocycles. The zero-order valence-electron chi connectivity index (χ0n) is 13.4. The second-order valence-corrected chi connectivity index (χ2v) is 8.37. The van der Waals surface area contributed by atoms with E-state index < -0.39 is 0 Å². The number of thiazole rings is 2. The maximum absolute atomic E-state index is 13.2. The average Bonchev–Trinajstić information content (AvgIpc) is 3.34. The molecule has 2 fully saturated rings. The lowest BCUT2D eigenvalue weighted by Gasteiger charge is -2.27. The molecule has 0 aromatic carbocycles. The van der Waals surface area contributed by atoms with Crippen LogP contribution in [-0.4, -0.2) is 51.9 Å². The van der Waals surface area contributed by atoms with Crippen molar-refractivity contribution >= 4 is 28.6 Å². The number of rotatable bonds is 5. The van der Waals surface area contributed by atoms with Crippen molar-refractivity contribution in [3.63, 3.8) is 0 Å². The summed E-state index contributed by atoms with van der Waals surface area (Å²) in [7, 11) is 0. The summed E-state index contributed by atoms with van der Waals surface area (Å²) in [4.78, 5) is 26.5. The molecule has 24 heavy (non-hydrogen) atoms. The first-order valence-electron chi connectivity index (χ1n) is 8.13. The summed E-state index contributed by atoms with van der Waals surface area (Å²) >= 11 is 3.34. The molecular formula is C17H20N4OS2. The largest absolute Gasteiger partial charge is 0.338 e. The van der Waals surface area contributed by atoms with Gasteiger partial charge in [-0.05, 0) is 6.42 Å². The van der Waals surface area contributed by atoms with Crippen LogP contribution in [0.1, 0.15) is 22.4 Å². The number of hydrogen-bond acceptors (Lipinski definition) is 6. The van der Waals surface area contributed by atoms with Gasteiger partial charge in [0.15, 0.2) is 0 Å². The lowest BCUT2D eigenvalue weighted by atomic mass is 9.77. The molecule has 0 aliphatic carbocycles. The Morgan fingerprint density at radius 2 is 2.17 bits per heavy atom. The minimum atomic E-state index is -0.335. The standard InChI is InChI=1S/C17H20N4OS2/c1-2-6-21-7-3-17(16(21)22)12-20(11-14-18-4-8-23-14)10-13(17)15-19-5-9-24-15/h2,4-5,8-9,13H,1,3,6-7,10-12H2/t13-,17-/m1/s1. The number of carbonyl (C=O) groups is 1. The number of aromatic nitrogens is 2. The highest BCUT2D eigenvalue weighted by Crippen LogP contribution is 2.50. The average molecular weight is 361 g/mol. The van der Waals surface area contributed by atoms with E-state index in [1.165, 1.54) is 0 Å². The zero-order valence-corrected chi connectivity index (χ0v) is 15.1. The van der Waals surface area contributed by atoms with E-state index in [1.54, 1.807) is 22.7 Å². The molecule has 126 valence electrons. The molecule has 4 rings (SSSR count). The van der Waals surface area contributed by atoms with Crippen molar-refractivity contribution in [3.8, 4) is 0 Å². The maximum Gasteiger partial charge on any atom is 0.231 e. The Kier molecular flexibility index (Phi) is 4.24. The van der Waals surface area contributed by atoms with Crippen LogP contribution in [-0.2, 0) is 11.3 Å². The lowest BCUT2D eigenvalue weighted by Crippen LogP contribution is -2.39. The van der Waals surface area contributed by atoms with E-state index in [0.717, 1.165) is 42.6 Å². The van der Waals surface area contributed by atoms with E-state index in [0.29, 0.717) is 6.54 Å². The van der Waals surface area contributed by atoms with Crippen LogP contribution in [0, 0.1) is 5.41 Å². The Bertz CT molecular complexity index is 715. The molecule has 0 unspecified atom stereocenters. The van der Waals surface area contributed by atoms with Crippen molar-refractivity contribution in [1.29, 1.82) is 0 Å². The van der Waals surface area contributed by atoms with E-state index in [-0.39, 0.29) is 17.2 Å².